The number of carboxylic acid groups (broad SMARTS) is 2. The first-order valence-electron chi connectivity index (χ1n) is 4.59. The molecule has 0 aromatic rings. The zero-order chi connectivity index (χ0) is 16.7. The van der Waals surface area contributed by atoms with Crippen molar-refractivity contribution in [2.75, 3.05) is 0 Å². The third-order valence-electron chi connectivity index (χ3n) is 1.32. The molecule has 0 bridgehead atoms. The predicted molar refractivity (Wildman–Crippen MR) is 75.5 cm³/mol. The second-order valence-corrected chi connectivity index (χ2v) is 7.46. The molecule has 2 unspecified atom stereocenters. The summed E-state index contributed by atoms with van der Waals surface area (Å²) in [6.07, 6.45) is 0. The summed E-state index contributed by atoms with van der Waals surface area (Å²) in [6.45, 7) is 2.93. The van der Waals surface area contributed by atoms with Crippen molar-refractivity contribution < 1.29 is 52.8 Å². The molecule has 0 aromatic heterocycles. The van der Waals surface area contributed by atoms with Crippen molar-refractivity contribution >= 4 is 77.1 Å². The standard InChI is InChI=1S/C6H10O4S.Ca.H4O7P2.2H/c1-3(5(7)8)11-4(2)6(9)10;;1-8(2,3)7-9(4,5)6;;/h3-4H,1-2H3,(H,7,8)(H,9,10);;(H2,1,2,3)(H2,4,5,6);;. The van der Waals surface area contributed by atoms with E-state index in [0.717, 1.165) is 11.8 Å². The molecule has 0 rings (SSSR count). The quantitative estimate of drug-likeness (QED) is 0.234. The van der Waals surface area contributed by atoms with E-state index in [4.69, 9.17) is 29.8 Å². The number of carbonyl (C=O) groups is 2. The van der Waals surface area contributed by atoms with Gasteiger partial charge in [0.15, 0.2) is 0 Å². The Balaban J connectivity index is -0.000000300. The maximum atomic E-state index is 10.2. The van der Waals surface area contributed by atoms with Crippen LogP contribution in [-0.2, 0) is 23.0 Å². The van der Waals surface area contributed by atoms with E-state index in [2.05, 4.69) is 4.31 Å². The minimum absolute atomic E-state index is 0. The predicted octanol–water partition coefficient (Wildman–Crippen LogP) is -1.06. The van der Waals surface area contributed by atoms with E-state index in [9.17, 15) is 18.7 Å². The van der Waals surface area contributed by atoms with Crippen LogP contribution in [0.25, 0.3) is 0 Å². The van der Waals surface area contributed by atoms with Crippen molar-refractivity contribution in [3.63, 3.8) is 0 Å². The normalized spacial score (nSPS) is 14.0. The van der Waals surface area contributed by atoms with Gasteiger partial charge in [-0.3, -0.25) is 9.59 Å². The number of rotatable bonds is 6. The zero-order valence-corrected chi connectivity index (χ0v) is 12.8. The molecular formula is C6H16CaO11P2S. The summed E-state index contributed by atoms with van der Waals surface area (Å²) in [5.74, 6) is -1.97. The monoisotopic (exact) mass is 398 g/mol. The van der Waals surface area contributed by atoms with E-state index >= 15 is 0 Å². The second-order valence-electron chi connectivity index (χ2n) is 3.16. The Morgan fingerprint density at radius 2 is 1.14 bits per heavy atom. The van der Waals surface area contributed by atoms with Crippen LogP contribution >= 0.6 is 27.4 Å². The van der Waals surface area contributed by atoms with E-state index < -0.39 is 38.1 Å². The molecule has 21 heavy (non-hydrogen) atoms. The molecule has 0 aliphatic heterocycles. The van der Waals surface area contributed by atoms with Crippen LogP contribution in [0.5, 0.6) is 0 Å². The van der Waals surface area contributed by atoms with Gasteiger partial charge in [0.2, 0.25) is 0 Å². The molecule has 0 radical (unpaired) electrons. The summed E-state index contributed by atoms with van der Waals surface area (Å²) in [7, 11) is -10.1. The van der Waals surface area contributed by atoms with Crippen molar-refractivity contribution in [2.45, 2.75) is 24.3 Å². The fraction of sp³-hybridized carbons (Fsp3) is 0.667. The van der Waals surface area contributed by atoms with Gasteiger partial charge < -0.3 is 29.8 Å². The first-order chi connectivity index (χ1) is 8.65. The summed E-state index contributed by atoms with van der Waals surface area (Å²) in [5, 5.41) is 15.5. The SMILES string of the molecule is CC(SC(C)C(=O)O)C(=O)O.O=P(O)(O)OP(=O)(O)O.[CaH2]. The van der Waals surface area contributed by atoms with Crippen molar-refractivity contribution in [1.29, 1.82) is 0 Å². The van der Waals surface area contributed by atoms with Crippen molar-refractivity contribution in [3.05, 3.63) is 0 Å². The van der Waals surface area contributed by atoms with E-state index in [1.165, 1.54) is 13.8 Å². The molecule has 124 valence electrons. The molecule has 11 nitrogen and oxygen atoms in total. The van der Waals surface area contributed by atoms with Crippen LogP contribution in [0.2, 0.25) is 0 Å². The molecule has 0 amide bonds. The summed E-state index contributed by atoms with van der Waals surface area (Å²) >= 11 is 0.917. The summed E-state index contributed by atoms with van der Waals surface area (Å²) in [4.78, 5) is 51.5. The van der Waals surface area contributed by atoms with Crippen LogP contribution in [-0.4, -0.2) is 90.0 Å². The maximum absolute atomic E-state index is 10.2. The molecule has 2 atom stereocenters. The van der Waals surface area contributed by atoms with Crippen LogP contribution < -0.4 is 0 Å². The number of thioether (sulfide) groups is 1. The average molecular weight is 398 g/mol. The third kappa shape index (κ3) is 20.8. The van der Waals surface area contributed by atoms with Gasteiger partial charge in [0.25, 0.3) is 0 Å². The van der Waals surface area contributed by atoms with Gasteiger partial charge in [0, 0.05) is 0 Å². The van der Waals surface area contributed by atoms with Gasteiger partial charge in [-0.1, -0.05) is 0 Å². The van der Waals surface area contributed by atoms with Crippen LogP contribution in [0, 0.1) is 0 Å². The topological polar surface area (TPSA) is 199 Å². The van der Waals surface area contributed by atoms with Gasteiger partial charge >= 0.3 is 65.3 Å². The van der Waals surface area contributed by atoms with Gasteiger partial charge in [-0.05, 0) is 13.8 Å². The Labute approximate surface area is 153 Å². The minimum atomic E-state index is -5.05. The number of hydrogen-bond acceptors (Lipinski definition) is 6. The Hall–Kier alpha value is 0.810. The fourth-order valence-corrected chi connectivity index (χ4v) is 2.51. The Morgan fingerprint density at radius 3 is 1.24 bits per heavy atom. The van der Waals surface area contributed by atoms with Crippen molar-refractivity contribution in [2.24, 2.45) is 0 Å². The Kier molecular flexibility index (Phi) is 14.4. The van der Waals surface area contributed by atoms with Crippen LogP contribution in [0.1, 0.15) is 13.8 Å². The van der Waals surface area contributed by atoms with Gasteiger partial charge in [0.1, 0.15) is 10.5 Å². The fourth-order valence-electron chi connectivity index (χ4n) is 0.561. The number of carboxylic acids is 2. The molecule has 6 N–H and O–H groups in total. The molecular weight excluding hydrogens is 382 g/mol. The molecule has 0 saturated heterocycles. The number of hydrogen-bond donors (Lipinski definition) is 6. The van der Waals surface area contributed by atoms with Crippen LogP contribution in [0.15, 0.2) is 0 Å². The van der Waals surface area contributed by atoms with Gasteiger partial charge in [-0.25, -0.2) is 9.13 Å². The van der Waals surface area contributed by atoms with E-state index in [1.54, 1.807) is 0 Å². The van der Waals surface area contributed by atoms with Crippen molar-refractivity contribution in [1.82, 2.24) is 0 Å². The molecule has 0 spiro atoms. The summed E-state index contributed by atoms with van der Waals surface area (Å²) in [6, 6.07) is 0. The number of aliphatic carboxylic acids is 2. The Morgan fingerprint density at radius 1 is 0.905 bits per heavy atom. The summed E-state index contributed by atoms with van der Waals surface area (Å²) < 4.78 is 22.2. The van der Waals surface area contributed by atoms with Gasteiger partial charge in [0.05, 0.1) is 0 Å². The zero-order valence-electron chi connectivity index (χ0n) is 10.2. The molecule has 0 aliphatic rings. The van der Waals surface area contributed by atoms with Crippen LogP contribution in [0.3, 0.4) is 0 Å². The molecule has 0 aromatic carbocycles. The molecule has 0 aliphatic carbocycles. The molecule has 0 heterocycles. The van der Waals surface area contributed by atoms with Crippen molar-refractivity contribution in [3.8, 4) is 0 Å². The van der Waals surface area contributed by atoms with E-state index in [1.807, 2.05) is 0 Å². The first kappa shape index (κ1) is 26.7. The number of phosphoric acid groups is 2. The van der Waals surface area contributed by atoms with Crippen LogP contribution in [0.4, 0.5) is 0 Å². The van der Waals surface area contributed by atoms with Gasteiger partial charge in [-0.15, -0.1) is 11.8 Å². The van der Waals surface area contributed by atoms with E-state index in [0.29, 0.717) is 0 Å². The molecule has 0 saturated carbocycles. The molecule has 0 fully saturated rings. The van der Waals surface area contributed by atoms with Gasteiger partial charge in [-0.2, -0.15) is 4.31 Å². The summed E-state index contributed by atoms with van der Waals surface area (Å²) in [5.41, 5.74) is 0. The third-order valence-corrected chi connectivity index (χ3v) is 4.24. The second kappa shape index (κ2) is 11.4. The average Bonchev–Trinajstić information content (AvgIpc) is 2.11. The van der Waals surface area contributed by atoms with E-state index in [-0.39, 0.29) is 37.7 Å². The molecule has 15 heteroatoms. The first-order valence-corrected chi connectivity index (χ1v) is 8.59. The Bertz CT molecular complexity index is 392.